The van der Waals surface area contributed by atoms with Crippen LogP contribution in [-0.2, 0) is 6.18 Å². The number of fused-ring (bicyclic) bond motifs is 1. The van der Waals surface area contributed by atoms with Gasteiger partial charge in [-0.15, -0.1) is 0 Å². The van der Waals surface area contributed by atoms with Gasteiger partial charge < -0.3 is 20.8 Å². The van der Waals surface area contributed by atoms with E-state index in [0.29, 0.717) is 6.07 Å². The molecule has 3 heterocycles. The van der Waals surface area contributed by atoms with Crippen LogP contribution in [0.25, 0.3) is 11.0 Å². The molecule has 9 nitrogen and oxygen atoms in total. The zero-order chi connectivity index (χ0) is 26.2. The lowest BCUT2D eigenvalue weighted by Gasteiger charge is -2.15. The average Bonchev–Trinajstić information content (AvgIpc) is 3.23. The van der Waals surface area contributed by atoms with Gasteiger partial charge >= 0.3 is 6.18 Å². The molecule has 1 aromatic carbocycles. The molecule has 0 aliphatic rings. The predicted octanol–water partition coefficient (Wildman–Crippen LogP) is 4.85. The lowest BCUT2D eigenvalue weighted by atomic mass is 10.00. The van der Waals surface area contributed by atoms with Crippen LogP contribution in [0.4, 0.5) is 35.0 Å². The summed E-state index contributed by atoms with van der Waals surface area (Å²) in [5.74, 6) is -1.92. The fraction of sp³-hybridized carbons (Fsp3) is 0.174. The molecule has 13 heteroatoms. The molecular weight excluding hydrogens is 482 g/mol. The van der Waals surface area contributed by atoms with Crippen LogP contribution in [-0.4, -0.2) is 32.6 Å². The number of aromatic nitrogens is 3. The summed E-state index contributed by atoms with van der Waals surface area (Å²) in [6.45, 7) is 3.70. The molecule has 0 aliphatic heterocycles. The number of benzene rings is 1. The van der Waals surface area contributed by atoms with E-state index in [4.69, 9.17) is 15.6 Å². The molecule has 0 saturated heterocycles. The number of alkyl halides is 3. The van der Waals surface area contributed by atoms with Gasteiger partial charge in [0.25, 0.3) is 5.91 Å². The van der Waals surface area contributed by atoms with Gasteiger partial charge in [-0.2, -0.15) is 13.2 Å². The van der Waals surface area contributed by atoms with E-state index < -0.39 is 23.5 Å². The SMILES string of the molecule is CC(C)Nc1ncnc(N)c1C(=N)c1ccc2c(C(=O)Nc3cc(C(F)(F)F)ccn3)coc2c1F. The van der Waals surface area contributed by atoms with Crippen molar-refractivity contribution in [2.45, 2.75) is 26.1 Å². The van der Waals surface area contributed by atoms with Crippen LogP contribution in [0.1, 0.15) is 40.9 Å². The standard InChI is InChI=1S/C23H19F4N7O2/c1-10(2)33-21-16(20(29)31-9-32-21)18(28)13-4-3-12-14(8-36-19(12)17(13)24)22(35)34-15-7-11(5-6-30-15)23(25,26)27/h3-10,28H,1-2H3,(H,30,34,35)(H3,29,31,32,33). The molecule has 1 amide bonds. The summed E-state index contributed by atoms with van der Waals surface area (Å²) in [5.41, 5.74) is 4.09. The van der Waals surface area contributed by atoms with Gasteiger partial charge in [0.1, 0.15) is 30.0 Å². The second kappa shape index (κ2) is 9.24. The largest absolute Gasteiger partial charge is 0.460 e. The topological polar surface area (TPSA) is 143 Å². The Morgan fingerprint density at radius 3 is 2.58 bits per heavy atom. The maximum absolute atomic E-state index is 15.4. The number of nitrogens with one attached hydrogen (secondary N) is 3. The number of carbonyl (C=O) groups is 1. The molecule has 0 spiro atoms. The normalized spacial score (nSPS) is 11.6. The fourth-order valence-corrected chi connectivity index (χ4v) is 3.46. The minimum atomic E-state index is -4.62. The molecule has 0 atom stereocenters. The molecule has 0 aliphatic carbocycles. The number of halogens is 4. The van der Waals surface area contributed by atoms with Crippen LogP contribution < -0.4 is 16.4 Å². The van der Waals surface area contributed by atoms with E-state index >= 15 is 4.39 Å². The van der Waals surface area contributed by atoms with Crippen molar-refractivity contribution in [3.05, 3.63) is 71.1 Å². The molecule has 4 rings (SSSR count). The Bertz CT molecular complexity index is 1480. The van der Waals surface area contributed by atoms with Gasteiger partial charge in [0, 0.05) is 23.2 Å². The zero-order valence-electron chi connectivity index (χ0n) is 18.9. The van der Waals surface area contributed by atoms with Crippen molar-refractivity contribution in [3.63, 3.8) is 0 Å². The molecule has 5 N–H and O–H groups in total. The van der Waals surface area contributed by atoms with Crippen LogP contribution in [0.2, 0.25) is 0 Å². The first kappa shape index (κ1) is 24.6. The van der Waals surface area contributed by atoms with Gasteiger partial charge in [-0.1, -0.05) is 0 Å². The lowest BCUT2D eigenvalue weighted by Crippen LogP contribution is -2.18. The van der Waals surface area contributed by atoms with E-state index in [2.05, 4.69) is 25.6 Å². The van der Waals surface area contributed by atoms with Crippen molar-refractivity contribution >= 4 is 40.0 Å². The predicted molar refractivity (Wildman–Crippen MR) is 124 cm³/mol. The molecule has 0 unspecified atom stereocenters. The van der Waals surface area contributed by atoms with Crippen LogP contribution in [0.15, 0.2) is 47.5 Å². The molecule has 0 saturated carbocycles. The fourth-order valence-electron chi connectivity index (χ4n) is 3.46. The number of pyridine rings is 1. The highest BCUT2D eigenvalue weighted by molar-refractivity contribution is 6.18. The van der Waals surface area contributed by atoms with Gasteiger partial charge in [0.15, 0.2) is 11.4 Å². The van der Waals surface area contributed by atoms with Crippen molar-refractivity contribution in [1.29, 1.82) is 5.41 Å². The number of nitrogen functional groups attached to an aromatic ring is 1. The third kappa shape index (κ3) is 4.67. The Morgan fingerprint density at radius 2 is 1.89 bits per heavy atom. The van der Waals surface area contributed by atoms with Crippen molar-refractivity contribution in [1.82, 2.24) is 15.0 Å². The number of hydrogen-bond acceptors (Lipinski definition) is 8. The Labute approximate surface area is 201 Å². The third-order valence-electron chi connectivity index (χ3n) is 5.08. The molecule has 186 valence electrons. The van der Waals surface area contributed by atoms with Crippen LogP contribution in [0.3, 0.4) is 0 Å². The number of carbonyl (C=O) groups excluding carboxylic acids is 1. The van der Waals surface area contributed by atoms with Gasteiger partial charge in [-0.25, -0.2) is 19.3 Å². The Morgan fingerprint density at radius 1 is 1.14 bits per heavy atom. The maximum atomic E-state index is 15.4. The van der Waals surface area contributed by atoms with Crippen molar-refractivity contribution < 1.29 is 26.8 Å². The first-order chi connectivity index (χ1) is 17.0. The van der Waals surface area contributed by atoms with E-state index in [0.717, 1.165) is 18.5 Å². The first-order valence-corrected chi connectivity index (χ1v) is 10.5. The van der Waals surface area contributed by atoms with Crippen molar-refractivity contribution in [2.75, 3.05) is 16.4 Å². The van der Waals surface area contributed by atoms with Gasteiger partial charge in [-0.05, 0) is 38.1 Å². The van der Waals surface area contributed by atoms with Gasteiger partial charge in [0.2, 0.25) is 0 Å². The summed E-state index contributed by atoms with van der Waals surface area (Å²) >= 11 is 0. The summed E-state index contributed by atoms with van der Waals surface area (Å²) in [5, 5.41) is 13.9. The Balaban J connectivity index is 1.68. The number of rotatable bonds is 6. The quantitative estimate of drug-likeness (QED) is 0.219. The highest BCUT2D eigenvalue weighted by Crippen LogP contribution is 2.32. The van der Waals surface area contributed by atoms with Crippen LogP contribution >= 0.6 is 0 Å². The number of nitrogens with zero attached hydrogens (tertiary/aromatic N) is 3. The molecular formula is C23H19F4N7O2. The highest BCUT2D eigenvalue weighted by Gasteiger charge is 2.31. The number of furan rings is 1. The number of anilines is 3. The van der Waals surface area contributed by atoms with Gasteiger partial charge in [0.05, 0.1) is 22.4 Å². The summed E-state index contributed by atoms with van der Waals surface area (Å²) in [4.78, 5) is 24.4. The van der Waals surface area contributed by atoms with Crippen LogP contribution in [0.5, 0.6) is 0 Å². The Hall–Kier alpha value is -4.55. The van der Waals surface area contributed by atoms with E-state index in [-0.39, 0.29) is 56.9 Å². The lowest BCUT2D eigenvalue weighted by molar-refractivity contribution is -0.137. The van der Waals surface area contributed by atoms with Crippen molar-refractivity contribution in [3.8, 4) is 0 Å². The maximum Gasteiger partial charge on any atom is 0.416 e. The molecule has 4 aromatic rings. The van der Waals surface area contributed by atoms with E-state index in [1.165, 1.54) is 18.5 Å². The monoisotopic (exact) mass is 501 g/mol. The molecule has 0 bridgehead atoms. The third-order valence-corrected chi connectivity index (χ3v) is 5.08. The van der Waals surface area contributed by atoms with Gasteiger partial charge in [-0.3, -0.25) is 10.2 Å². The molecule has 36 heavy (non-hydrogen) atoms. The minimum absolute atomic E-state index is 0.0363. The summed E-state index contributed by atoms with van der Waals surface area (Å²) in [7, 11) is 0. The number of nitrogens with two attached hydrogens (primary N) is 1. The Kier molecular flexibility index (Phi) is 6.31. The summed E-state index contributed by atoms with van der Waals surface area (Å²) in [6.07, 6.45) is -1.53. The number of amides is 1. The van der Waals surface area contributed by atoms with E-state index in [1.54, 1.807) is 0 Å². The summed E-state index contributed by atoms with van der Waals surface area (Å²) in [6, 6.07) is 4.00. The zero-order valence-corrected chi connectivity index (χ0v) is 18.9. The number of hydrogen-bond donors (Lipinski definition) is 4. The first-order valence-electron chi connectivity index (χ1n) is 10.5. The highest BCUT2D eigenvalue weighted by atomic mass is 19.4. The van der Waals surface area contributed by atoms with Crippen LogP contribution in [0, 0.1) is 11.2 Å². The molecule has 0 fully saturated rings. The summed E-state index contributed by atoms with van der Waals surface area (Å²) < 4.78 is 59.5. The van der Waals surface area contributed by atoms with E-state index in [9.17, 15) is 18.0 Å². The second-order valence-corrected chi connectivity index (χ2v) is 7.99. The smallest absolute Gasteiger partial charge is 0.416 e. The average molecular weight is 501 g/mol. The minimum Gasteiger partial charge on any atom is -0.460 e. The molecule has 3 aromatic heterocycles. The van der Waals surface area contributed by atoms with E-state index in [1.807, 2.05) is 13.8 Å². The van der Waals surface area contributed by atoms with Crippen molar-refractivity contribution in [2.24, 2.45) is 0 Å². The molecule has 0 radical (unpaired) electrons. The second-order valence-electron chi connectivity index (χ2n) is 7.99.